The number of carboxylic acids is 2. The van der Waals surface area contributed by atoms with E-state index in [0.717, 1.165) is 0 Å². The van der Waals surface area contributed by atoms with Gasteiger partial charge in [-0.15, -0.1) is 0 Å². The van der Waals surface area contributed by atoms with E-state index in [9.17, 15) is 19.8 Å². The summed E-state index contributed by atoms with van der Waals surface area (Å²) in [5, 5.41) is 18.8. The van der Waals surface area contributed by atoms with Crippen molar-refractivity contribution in [2.24, 2.45) is 17.3 Å². The van der Waals surface area contributed by atoms with Crippen LogP contribution in [0.1, 0.15) is 13.8 Å². The van der Waals surface area contributed by atoms with E-state index >= 15 is 0 Å². The monoisotopic (exact) mass is 267 g/mol. The Morgan fingerprint density at radius 3 is 2.42 bits per heavy atom. The first-order valence-electron chi connectivity index (χ1n) is 6.24. The largest absolute Gasteiger partial charge is 0.481 e. The third-order valence-corrected chi connectivity index (χ3v) is 3.90. The standard InChI is InChI=1S/C14H21NO4/c1-9(8-15(3)4)14(13(18)19)7-5-6-11(10(14)2)12(16)17/h5-7,9-10H,8H2,1-4H3,(H,16,17)(H,18,19). The first kappa shape index (κ1) is 15.4. The van der Waals surface area contributed by atoms with E-state index in [2.05, 4.69) is 0 Å². The van der Waals surface area contributed by atoms with Crippen LogP contribution in [0.4, 0.5) is 0 Å². The molecule has 106 valence electrons. The van der Waals surface area contributed by atoms with E-state index in [1.165, 1.54) is 6.08 Å². The van der Waals surface area contributed by atoms with E-state index in [1.54, 1.807) is 19.1 Å². The quantitative estimate of drug-likeness (QED) is 0.788. The zero-order valence-corrected chi connectivity index (χ0v) is 11.8. The van der Waals surface area contributed by atoms with Gasteiger partial charge in [0.05, 0.1) is 5.41 Å². The number of hydrogen-bond donors (Lipinski definition) is 2. The molecule has 0 aromatic carbocycles. The highest BCUT2D eigenvalue weighted by Crippen LogP contribution is 2.44. The molecule has 2 N–H and O–H groups in total. The van der Waals surface area contributed by atoms with Gasteiger partial charge in [-0.25, -0.2) is 4.79 Å². The Morgan fingerprint density at radius 2 is 2.00 bits per heavy atom. The molecular weight excluding hydrogens is 246 g/mol. The summed E-state index contributed by atoms with van der Waals surface area (Å²) in [6.45, 7) is 4.09. The van der Waals surface area contributed by atoms with E-state index in [1.807, 2.05) is 25.9 Å². The van der Waals surface area contributed by atoms with E-state index in [-0.39, 0.29) is 11.5 Å². The number of allylic oxidation sites excluding steroid dienone is 2. The summed E-state index contributed by atoms with van der Waals surface area (Å²) in [5.41, 5.74) is -1.03. The number of carbonyl (C=O) groups is 2. The lowest BCUT2D eigenvalue weighted by Crippen LogP contribution is -2.47. The Hall–Kier alpha value is -1.62. The SMILES string of the molecule is CC(CN(C)C)C1(C(=O)O)C=CC=C(C(=O)O)C1C. The van der Waals surface area contributed by atoms with Gasteiger partial charge in [0.25, 0.3) is 0 Å². The fourth-order valence-electron chi connectivity index (χ4n) is 2.87. The number of nitrogens with zero attached hydrogens (tertiary/aromatic N) is 1. The summed E-state index contributed by atoms with van der Waals surface area (Å²) in [5.74, 6) is -2.80. The van der Waals surface area contributed by atoms with Crippen molar-refractivity contribution in [2.75, 3.05) is 20.6 Å². The normalized spacial score (nSPS) is 28.1. The molecule has 0 spiro atoms. The molecule has 1 aliphatic rings. The first-order chi connectivity index (χ1) is 8.73. The molecule has 0 saturated heterocycles. The van der Waals surface area contributed by atoms with Gasteiger partial charge in [-0.2, -0.15) is 0 Å². The molecule has 5 heteroatoms. The number of aliphatic carboxylic acids is 2. The van der Waals surface area contributed by atoms with Crippen molar-refractivity contribution < 1.29 is 19.8 Å². The molecule has 0 bridgehead atoms. The van der Waals surface area contributed by atoms with Crippen molar-refractivity contribution in [2.45, 2.75) is 13.8 Å². The van der Waals surface area contributed by atoms with Gasteiger partial charge in [0.1, 0.15) is 0 Å². The summed E-state index contributed by atoms with van der Waals surface area (Å²) < 4.78 is 0. The highest BCUT2D eigenvalue weighted by Gasteiger charge is 2.49. The molecule has 0 radical (unpaired) electrons. The van der Waals surface area contributed by atoms with Gasteiger partial charge in [0, 0.05) is 18.0 Å². The van der Waals surface area contributed by atoms with Gasteiger partial charge < -0.3 is 15.1 Å². The van der Waals surface area contributed by atoms with Crippen molar-refractivity contribution in [1.29, 1.82) is 0 Å². The Morgan fingerprint density at radius 1 is 1.42 bits per heavy atom. The lowest BCUT2D eigenvalue weighted by Gasteiger charge is -2.40. The average Bonchev–Trinajstić information content (AvgIpc) is 2.27. The molecule has 0 amide bonds. The lowest BCUT2D eigenvalue weighted by molar-refractivity contribution is -0.152. The van der Waals surface area contributed by atoms with E-state index < -0.39 is 23.3 Å². The van der Waals surface area contributed by atoms with E-state index in [0.29, 0.717) is 6.54 Å². The van der Waals surface area contributed by atoms with Crippen molar-refractivity contribution in [1.82, 2.24) is 4.90 Å². The van der Waals surface area contributed by atoms with Crippen LogP contribution in [0.3, 0.4) is 0 Å². The van der Waals surface area contributed by atoms with Crippen LogP contribution >= 0.6 is 0 Å². The van der Waals surface area contributed by atoms with Crippen molar-refractivity contribution in [3.05, 3.63) is 23.8 Å². The van der Waals surface area contributed by atoms with Crippen molar-refractivity contribution >= 4 is 11.9 Å². The maximum absolute atomic E-state index is 11.8. The Bertz CT molecular complexity index is 439. The summed E-state index contributed by atoms with van der Waals surface area (Å²) in [4.78, 5) is 24.9. The average molecular weight is 267 g/mol. The van der Waals surface area contributed by atoms with Gasteiger partial charge in [0.15, 0.2) is 0 Å². The summed E-state index contributed by atoms with van der Waals surface area (Å²) >= 11 is 0. The Kier molecular flexibility index (Phi) is 4.52. The molecule has 0 aromatic heterocycles. The molecule has 1 rings (SSSR count). The van der Waals surface area contributed by atoms with Crippen LogP contribution in [0.25, 0.3) is 0 Å². The predicted molar refractivity (Wildman–Crippen MR) is 71.8 cm³/mol. The van der Waals surface area contributed by atoms with Crippen LogP contribution in [0.15, 0.2) is 23.8 Å². The second kappa shape index (κ2) is 5.57. The maximum atomic E-state index is 11.8. The molecular formula is C14H21NO4. The van der Waals surface area contributed by atoms with E-state index in [4.69, 9.17) is 0 Å². The number of carboxylic acid groups (broad SMARTS) is 2. The molecule has 19 heavy (non-hydrogen) atoms. The highest BCUT2D eigenvalue weighted by atomic mass is 16.4. The zero-order valence-electron chi connectivity index (χ0n) is 11.8. The van der Waals surface area contributed by atoms with Gasteiger partial charge in [-0.3, -0.25) is 4.79 Å². The summed E-state index contributed by atoms with van der Waals surface area (Å²) in [6, 6.07) is 0. The fourth-order valence-corrected chi connectivity index (χ4v) is 2.87. The lowest BCUT2D eigenvalue weighted by atomic mass is 9.63. The molecule has 3 atom stereocenters. The molecule has 5 nitrogen and oxygen atoms in total. The summed E-state index contributed by atoms with van der Waals surface area (Å²) in [7, 11) is 3.74. The summed E-state index contributed by atoms with van der Waals surface area (Å²) in [6.07, 6.45) is 4.65. The van der Waals surface area contributed by atoms with Gasteiger partial charge in [-0.1, -0.05) is 32.1 Å². The molecule has 0 aliphatic heterocycles. The van der Waals surface area contributed by atoms with Gasteiger partial charge in [-0.05, 0) is 20.0 Å². The second-order valence-corrected chi connectivity index (χ2v) is 5.41. The third-order valence-electron chi connectivity index (χ3n) is 3.90. The van der Waals surface area contributed by atoms with Crippen LogP contribution in [0.5, 0.6) is 0 Å². The van der Waals surface area contributed by atoms with Gasteiger partial charge >= 0.3 is 11.9 Å². The molecule has 1 aliphatic carbocycles. The number of rotatable bonds is 5. The van der Waals surface area contributed by atoms with Crippen LogP contribution in [-0.4, -0.2) is 47.7 Å². The van der Waals surface area contributed by atoms with Crippen molar-refractivity contribution in [3.63, 3.8) is 0 Å². The predicted octanol–water partition coefficient (Wildman–Crippen LogP) is 1.47. The van der Waals surface area contributed by atoms with Crippen LogP contribution < -0.4 is 0 Å². The van der Waals surface area contributed by atoms with Crippen LogP contribution in [0.2, 0.25) is 0 Å². The smallest absolute Gasteiger partial charge is 0.331 e. The highest BCUT2D eigenvalue weighted by molar-refractivity contribution is 5.91. The molecule has 0 saturated carbocycles. The van der Waals surface area contributed by atoms with Crippen LogP contribution in [0, 0.1) is 17.3 Å². The molecule has 0 fully saturated rings. The molecule has 3 unspecified atom stereocenters. The van der Waals surface area contributed by atoms with Crippen molar-refractivity contribution in [3.8, 4) is 0 Å². The first-order valence-corrected chi connectivity index (χ1v) is 6.24. The Labute approximate surface area is 113 Å². The van der Waals surface area contributed by atoms with Crippen LogP contribution in [-0.2, 0) is 9.59 Å². The maximum Gasteiger partial charge on any atom is 0.331 e. The molecule has 0 heterocycles. The second-order valence-electron chi connectivity index (χ2n) is 5.41. The minimum Gasteiger partial charge on any atom is -0.481 e. The topological polar surface area (TPSA) is 77.8 Å². The minimum atomic E-state index is -1.17. The number of hydrogen-bond acceptors (Lipinski definition) is 3. The zero-order chi connectivity index (χ0) is 14.8. The minimum absolute atomic E-state index is 0.149. The Balaban J connectivity index is 3.22. The fraction of sp³-hybridized carbons (Fsp3) is 0.571. The van der Waals surface area contributed by atoms with Gasteiger partial charge in [0.2, 0.25) is 0 Å². The third kappa shape index (κ3) is 2.71. The molecule has 0 aromatic rings.